The third kappa shape index (κ3) is 6.36. The van der Waals surface area contributed by atoms with E-state index >= 15 is 0 Å². The lowest BCUT2D eigenvalue weighted by molar-refractivity contribution is -0.118. The topological polar surface area (TPSA) is 63.2 Å². The Hall–Kier alpha value is -1.07. The van der Waals surface area contributed by atoms with E-state index in [1.54, 1.807) is 0 Å². The van der Waals surface area contributed by atoms with Gasteiger partial charge in [0.25, 0.3) is 0 Å². The van der Waals surface area contributed by atoms with Crippen molar-refractivity contribution in [3.8, 4) is 0 Å². The Kier molecular flexibility index (Phi) is 7.90. The summed E-state index contributed by atoms with van der Waals surface area (Å²) in [5.74, 6) is -0.578. The summed E-state index contributed by atoms with van der Waals surface area (Å²) in [7, 11) is -3.62. The summed E-state index contributed by atoms with van der Waals surface area (Å²) in [5, 5.41) is 3.20. The van der Waals surface area contributed by atoms with E-state index in [-0.39, 0.29) is 4.90 Å². The Bertz CT molecular complexity index is 570. The molecule has 0 aliphatic heterocycles. The molecule has 22 heavy (non-hydrogen) atoms. The SMILES string of the molecule is CCCCC(CC)CNC(=O)CS(=O)(=O)c1ccc(Cl)cc1. The van der Waals surface area contributed by atoms with Crippen LogP contribution >= 0.6 is 11.6 Å². The average Bonchev–Trinajstić information content (AvgIpc) is 2.47. The zero-order chi connectivity index (χ0) is 16.6. The lowest BCUT2D eigenvalue weighted by atomic mass is 9.99. The monoisotopic (exact) mass is 345 g/mol. The lowest BCUT2D eigenvalue weighted by Gasteiger charge is -2.15. The van der Waals surface area contributed by atoms with Crippen molar-refractivity contribution in [2.24, 2.45) is 5.92 Å². The Morgan fingerprint density at radius 1 is 1.23 bits per heavy atom. The molecule has 6 heteroatoms. The number of halogens is 1. The average molecular weight is 346 g/mol. The van der Waals surface area contributed by atoms with Crippen LogP contribution in [0.3, 0.4) is 0 Å². The highest BCUT2D eigenvalue weighted by Gasteiger charge is 2.19. The zero-order valence-electron chi connectivity index (χ0n) is 13.1. The molecule has 0 fully saturated rings. The van der Waals surface area contributed by atoms with Crippen molar-refractivity contribution in [1.82, 2.24) is 5.32 Å². The molecular formula is C16H24ClNO3S. The first kappa shape index (κ1) is 19.0. The van der Waals surface area contributed by atoms with E-state index in [4.69, 9.17) is 11.6 Å². The second-order valence-electron chi connectivity index (χ2n) is 5.43. The number of unbranched alkanes of at least 4 members (excludes halogenated alkanes) is 1. The number of hydrogen-bond donors (Lipinski definition) is 1. The zero-order valence-corrected chi connectivity index (χ0v) is 14.7. The smallest absolute Gasteiger partial charge is 0.235 e. The molecule has 1 atom stereocenters. The van der Waals surface area contributed by atoms with Gasteiger partial charge in [0.15, 0.2) is 9.84 Å². The van der Waals surface area contributed by atoms with Crippen molar-refractivity contribution in [1.29, 1.82) is 0 Å². The number of sulfone groups is 1. The van der Waals surface area contributed by atoms with Crippen molar-refractivity contribution in [3.05, 3.63) is 29.3 Å². The Balaban J connectivity index is 2.54. The van der Waals surface area contributed by atoms with Crippen LogP contribution in [-0.2, 0) is 14.6 Å². The van der Waals surface area contributed by atoms with Gasteiger partial charge in [0, 0.05) is 11.6 Å². The van der Waals surface area contributed by atoms with Gasteiger partial charge in [-0.1, -0.05) is 44.7 Å². The molecule has 1 N–H and O–H groups in total. The van der Waals surface area contributed by atoms with Crippen LogP contribution in [-0.4, -0.2) is 26.6 Å². The van der Waals surface area contributed by atoms with Crippen LogP contribution in [0, 0.1) is 5.92 Å². The molecule has 0 aliphatic rings. The van der Waals surface area contributed by atoms with Gasteiger partial charge in [-0.05, 0) is 36.6 Å². The summed E-state index contributed by atoms with van der Waals surface area (Å²) < 4.78 is 24.3. The normalized spacial score (nSPS) is 12.9. The second-order valence-corrected chi connectivity index (χ2v) is 7.86. The van der Waals surface area contributed by atoms with Crippen molar-refractivity contribution in [2.45, 2.75) is 44.4 Å². The minimum absolute atomic E-state index is 0.116. The standard InChI is InChI=1S/C16H24ClNO3S/c1-3-5-6-13(4-2)11-18-16(19)12-22(20,21)15-9-7-14(17)8-10-15/h7-10,13H,3-6,11-12H2,1-2H3,(H,18,19). The molecule has 0 radical (unpaired) electrons. The first-order chi connectivity index (χ1) is 10.4. The number of carbonyl (C=O) groups excluding carboxylic acids is 1. The third-order valence-electron chi connectivity index (χ3n) is 3.63. The predicted molar refractivity (Wildman–Crippen MR) is 89.8 cm³/mol. The molecule has 124 valence electrons. The predicted octanol–water partition coefficient (Wildman–Crippen LogP) is 3.45. The molecule has 1 aromatic rings. The highest BCUT2D eigenvalue weighted by molar-refractivity contribution is 7.92. The number of hydrogen-bond acceptors (Lipinski definition) is 3. The van der Waals surface area contributed by atoms with Crippen LogP contribution in [0.15, 0.2) is 29.2 Å². The summed E-state index contributed by atoms with van der Waals surface area (Å²) in [4.78, 5) is 12.0. The van der Waals surface area contributed by atoms with Crippen LogP contribution in [0.2, 0.25) is 5.02 Å². The summed E-state index contributed by atoms with van der Waals surface area (Å²) in [6, 6.07) is 5.84. The molecule has 1 aromatic carbocycles. The largest absolute Gasteiger partial charge is 0.355 e. The number of nitrogens with one attached hydrogen (secondary N) is 1. The van der Waals surface area contributed by atoms with Gasteiger partial charge in [0.2, 0.25) is 5.91 Å². The minimum Gasteiger partial charge on any atom is -0.355 e. The van der Waals surface area contributed by atoms with E-state index < -0.39 is 21.5 Å². The number of amides is 1. The molecule has 0 heterocycles. The fourth-order valence-corrected chi connectivity index (χ4v) is 3.44. The van der Waals surface area contributed by atoms with E-state index in [0.29, 0.717) is 17.5 Å². The van der Waals surface area contributed by atoms with E-state index in [9.17, 15) is 13.2 Å². The van der Waals surface area contributed by atoms with E-state index in [1.165, 1.54) is 24.3 Å². The molecular weight excluding hydrogens is 322 g/mol. The quantitative estimate of drug-likeness (QED) is 0.745. The molecule has 0 aliphatic carbocycles. The van der Waals surface area contributed by atoms with Crippen LogP contribution in [0.4, 0.5) is 0 Å². The fourth-order valence-electron chi connectivity index (χ4n) is 2.15. The molecule has 1 unspecified atom stereocenters. The highest BCUT2D eigenvalue weighted by Crippen LogP contribution is 2.15. The lowest BCUT2D eigenvalue weighted by Crippen LogP contribution is -2.34. The number of rotatable bonds is 9. The van der Waals surface area contributed by atoms with Crippen LogP contribution in [0.1, 0.15) is 39.5 Å². The van der Waals surface area contributed by atoms with Gasteiger partial charge in [0.1, 0.15) is 5.75 Å². The van der Waals surface area contributed by atoms with Crippen LogP contribution in [0.25, 0.3) is 0 Å². The molecule has 0 spiro atoms. The summed E-state index contributed by atoms with van der Waals surface area (Å²) in [6.45, 7) is 4.74. The van der Waals surface area contributed by atoms with E-state index in [2.05, 4.69) is 19.2 Å². The van der Waals surface area contributed by atoms with Gasteiger partial charge >= 0.3 is 0 Å². The summed E-state index contributed by atoms with van der Waals surface area (Å²) in [5.41, 5.74) is 0. The fraction of sp³-hybridized carbons (Fsp3) is 0.562. The molecule has 0 bridgehead atoms. The molecule has 1 rings (SSSR count). The Morgan fingerprint density at radius 2 is 1.86 bits per heavy atom. The van der Waals surface area contributed by atoms with Gasteiger partial charge in [-0.2, -0.15) is 0 Å². The molecule has 1 amide bonds. The maximum atomic E-state index is 12.1. The van der Waals surface area contributed by atoms with Crippen LogP contribution < -0.4 is 5.32 Å². The molecule has 4 nitrogen and oxygen atoms in total. The van der Waals surface area contributed by atoms with Crippen molar-refractivity contribution < 1.29 is 13.2 Å². The van der Waals surface area contributed by atoms with Gasteiger partial charge in [-0.25, -0.2) is 8.42 Å². The van der Waals surface area contributed by atoms with Crippen molar-refractivity contribution in [2.75, 3.05) is 12.3 Å². The molecule has 0 aromatic heterocycles. The molecule has 0 saturated heterocycles. The Morgan fingerprint density at radius 3 is 2.41 bits per heavy atom. The summed E-state index contributed by atoms with van der Waals surface area (Å²) in [6.07, 6.45) is 4.27. The number of carbonyl (C=O) groups is 1. The first-order valence-corrected chi connectivity index (χ1v) is 9.67. The minimum atomic E-state index is -3.62. The molecule has 0 saturated carbocycles. The number of benzene rings is 1. The second kappa shape index (κ2) is 9.16. The van der Waals surface area contributed by atoms with Crippen LogP contribution in [0.5, 0.6) is 0 Å². The van der Waals surface area contributed by atoms with Gasteiger partial charge < -0.3 is 5.32 Å². The maximum absolute atomic E-state index is 12.1. The van der Waals surface area contributed by atoms with E-state index in [1.807, 2.05) is 0 Å². The van der Waals surface area contributed by atoms with Gasteiger partial charge in [-0.3, -0.25) is 4.79 Å². The third-order valence-corrected chi connectivity index (χ3v) is 5.51. The summed E-state index contributed by atoms with van der Waals surface area (Å²) >= 11 is 5.74. The van der Waals surface area contributed by atoms with Gasteiger partial charge in [-0.15, -0.1) is 0 Å². The van der Waals surface area contributed by atoms with Gasteiger partial charge in [0.05, 0.1) is 4.90 Å². The highest BCUT2D eigenvalue weighted by atomic mass is 35.5. The Labute approximate surface area is 138 Å². The van der Waals surface area contributed by atoms with Crippen molar-refractivity contribution >= 4 is 27.3 Å². The maximum Gasteiger partial charge on any atom is 0.235 e. The van der Waals surface area contributed by atoms with E-state index in [0.717, 1.165) is 25.7 Å². The van der Waals surface area contributed by atoms with Crippen molar-refractivity contribution in [3.63, 3.8) is 0 Å². The first-order valence-electron chi connectivity index (χ1n) is 7.64.